The zero-order chi connectivity index (χ0) is 13.0. The van der Waals surface area contributed by atoms with Gasteiger partial charge in [0.25, 0.3) is 0 Å². The number of carbonyl (C=O) groups is 1. The fourth-order valence-corrected chi connectivity index (χ4v) is 1.70. The van der Waals surface area contributed by atoms with Crippen LogP contribution in [0.3, 0.4) is 0 Å². The molecule has 2 aromatic rings. The lowest BCUT2D eigenvalue weighted by molar-refractivity contribution is 0.101. The van der Waals surface area contributed by atoms with Crippen LogP contribution in [0.15, 0.2) is 42.7 Å². The van der Waals surface area contributed by atoms with Gasteiger partial charge >= 0.3 is 0 Å². The number of nitrogen functional groups attached to an aromatic ring is 1. The standard InChI is InChI=1S/C14H15N3O/c1-10(18)13-3-2-12(8-14(13)15)17-9-11-4-6-16-7-5-11/h2-8,17H,9,15H2,1H3. The summed E-state index contributed by atoms with van der Waals surface area (Å²) in [6, 6.07) is 9.26. The van der Waals surface area contributed by atoms with E-state index in [1.807, 2.05) is 18.2 Å². The van der Waals surface area contributed by atoms with Crippen LogP contribution in [0, 0.1) is 0 Å². The number of hydrogen-bond acceptors (Lipinski definition) is 4. The summed E-state index contributed by atoms with van der Waals surface area (Å²) in [5.41, 5.74) is 8.92. The zero-order valence-electron chi connectivity index (χ0n) is 10.2. The monoisotopic (exact) mass is 241 g/mol. The Morgan fingerprint density at radius 2 is 2.00 bits per heavy atom. The fraction of sp³-hybridized carbons (Fsp3) is 0.143. The highest BCUT2D eigenvalue weighted by molar-refractivity contribution is 5.99. The van der Waals surface area contributed by atoms with E-state index in [1.165, 1.54) is 6.92 Å². The van der Waals surface area contributed by atoms with Gasteiger partial charge < -0.3 is 11.1 Å². The third kappa shape index (κ3) is 2.85. The molecule has 0 atom stereocenters. The van der Waals surface area contributed by atoms with Gasteiger partial charge in [0.2, 0.25) is 0 Å². The Kier molecular flexibility index (Phi) is 3.57. The SMILES string of the molecule is CC(=O)c1ccc(NCc2ccncc2)cc1N. The molecule has 1 aromatic carbocycles. The quantitative estimate of drug-likeness (QED) is 0.637. The highest BCUT2D eigenvalue weighted by Gasteiger charge is 2.04. The summed E-state index contributed by atoms with van der Waals surface area (Å²) in [6.45, 7) is 2.21. The van der Waals surface area contributed by atoms with Crippen molar-refractivity contribution in [2.45, 2.75) is 13.5 Å². The van der Waals surface area contributed by atoms with Gasteiger partial charge in [-0.3, -0.25) is 9.78 Å². The molecule has 2 rings (SSSR count). The highest BCUT2D eigenvalue weighted by atomic mass is 16.1. The minimum absolute atomic E-state index is 0.0202. The number of benzene rings is 1. The Balaban J connectivity index is 2.07. The first kappa shape index (κ1) is 12.1. The van der Waals surface area contributed by atoms with E-state index in [2.05, 4.69) is 10.3 Å². The van der Waals surface area contributed by atoms with E-state index in [0.29, 0.717) is 17.8 Å². The van der Waals surface area contributed by atoms with Crippen molar-refractivity contribution < 1.29 is 4.79 Å². The number of rotatable bonds is 4. The number of nitrogens with one attached hydrogen (secondary N) is 1. The molecule has 0 radical (unpaired) electrons. The first-order valence-corrected chi connectivity index (χ1v) is 5.70. The number of aromatic nitrogens is 1. The molecule has 4 nitrogen and oxygen atoms in total. The second-order valence-corrected chi connectivity index (χ2v) is 4.07. The molecule has 0 aliphatic carbocycles. The molecule has 18 heavy (non-hydrogen) atoms. The van der Waals surface area contributed by atoms with Crippen molar-refractivity contribution in [1.29, 1.82) is 0 Å². The van der Waals surface area contributed by atoms with Gasteiger partial charge in [0, 0.05) is 35.9 Å². The van der Waals surface area contributed by atoms with E-state index in [-0.39, 0.29) is 5.78 Å². The Morgan fingerprint density at radius 1 is 1.28 bits per heavy atom. The third-order valence-electron chi connectivity index (χ3n) is 2.68. The number of pyridine rings is 1. The van der Waals surface area contributed by atoms with Crippen LogP contribution in [-0.4, -0.2) is 10.8 Å². The van der Waals surface area contributed by atoms with Gasteiger partial charge in [0.05, 0.1) is 0 Å². The van der Waals surface area contributed by atoms with Crippen LogP contribution < -0.4 is 11.1 Å². The molecule has 3 N–H and O–H groups in total. The second kappa shape index (κ2) is 5.31. The summed E-state index contributed by atoms with van der Waals surface area (Å²) >= 11 is 0. The maximum Gasteiger partial charge on any atom is 0.161 e. The fourth-order valence-electron chi connectivity index (χ4n) is 1.70. The predicted octanol–water partition coefficient (Wildman–Crippen LogP) is 2.48. The maximum absolute atomic E-state index is 11.2. The highest BCUT2D eigenvalue weighted by Crippen LogP contribution is 2.19. The van der Waals surface area contributed by atoms with Crippen LogP contribution >= 0.6 is 0 Å². The Bertz CT molecular complexity index is 552. The van der Waals surface area contributed by atoms with Crippen molar-refractivity contribution in [2.24, 2.45) is 0 Å². The topological polar surface area (TPSA) is 68.0 Å². The Labute approximate surface area is 106 Å². The van der Waals surface area contributed by atoms with Crippen molar-refractivity contribution in [1.82, 2.24) is 4.98 Å². The van der Waals surface area contributed by atoms with E-state index in [0.717, 1.165) is 11.3 Å². The van der Waals surface area contributed by atoms with Gasteiger partial charge in [-0.15, -0.1) is 0 Å². The average molecular weight is 241 g/mol. The van der Waals surface area contributed by atoms with Gasteiger partial charge in [-0.05, 0) is 42.8 Å². The molecule has 4 heteroatoms. The van der Waals surface area contributed by atoms with Gasteiger partial charge in [0.1, 0.15) is 0 Å². The minimum atomic E-state index is -0.0202. The molecular weight excluding hydrogens is 226 g/mol. The van der Waals surface area contributed by atoms with Crippen LogP contribution in [0.1, 0.15) is 22.8 Å². The molecule has 0 saturated heterocycles. The van der Waals surface area contributed by atoms with Gasteiger partial charge in [-0.1, -0.05) is 0 Å². The Morgan fingerprint density at radius 3 is 2.61 bits per heavy atom. The zero-order valence-corrected chi connectivity index (χ0v) is 10.2. The molecule has 0 saturated carbocycles. The average Bonchev–Trinajstić information content (AvgIpc) is 2.37. The van der Waals surface area contributed by atoms with Gasteiger partial charge in [0.15, 0.2) is 5.78 Å². The molecule has 1 aromatic heterocycles. The lowest BCUT2D eigenvalue weighted by Gasteiger charge is -2.09. The maximum atomic E-state index is 11.2. The lowest BCUT2D eigenvalue weighted by atomic mass is 10.1. The molecule has 0 amide bonds. The number of nitrogens with two attached hydrogens (primary N) is 1. The van der Waals surface area contributed by atoms with E-state index in [9.17, 15) is 4.79 Å². The van der Waals surface area contributed by atoms with Gasteiger partial charge in [-0.2, -0.15) is 0 Å². The molecule has 0 aliphatic heterocycles. The number of carbonyl (C=O) groups excluding carboxylic acids is 1. The van der Waals surface area contributed by atoms with Crippen LogP contribution in [0.2, 0.25) is 0 Å². The first-order valence-electron chi connectivity index (χ1n) is 5.70. The second-order valence-electron chi connectivity index (χ2n) is 4.07. The van der Waals surface area contributed by atoms with Crippen molar-refractivity contribution in [2.75, 3.05) is 11.1 Å². The molecule has 0 bridgehead atoms. The van der Waals surface area contributed by atoms with Crippen molar-refractivity contribution in [3.8, 4) is 0 Å². The van der Waals surface area contributed by atoms with E-state index < -0.39 is 0 Å². The number of anilines is 2. The lowest BCUT2D eigenvalue weighted by Crippen LogP contribution is -2.03. The largest absolute Gasteiger partial charge is 0.398 e. The van der Waals surface area contributed by atoms with E-state index >= 15 is 0 Å². The Hall–Kier alpha value is -2.36. The summed E-state index contributed by atoms with van der Waals surface area (Å²) in [5, 5.41) is 3.25. The molecule has 1 heterocycles. The molecule has 0 aliphatic rings. The summed E-state index contributed by atoms with van der Waals surface area (Å²) < 4.78 is 0. The van der Waals surface area contributed by atoms with Crippen LogP contribution in [0.25, 0.3) is 0 Å². The predicted molar refractivity (Wildman–Crippen MR) is 72.4 cm³/mol. The normalized spacial score (nSPS) is 10.1. The third-order valence-corrected chi connectivity index (χ3v) is 2.68. The van der Waals surface area contributed by atoms with Crippen LogP contribution in [0.5, 0.6) is 0 Å². The summed E-state index contributed by atoms with van der Waals surface area (Å²) in [7, 11) is 0. The number of ketones is 1. The first-order chi connectivity index (χ1) is 8.66. The van der Waals surface area contributed by atoms with Crippen LogP contribution in [-0.2, 0) is 6.54 Å². The van der Waals surface area contributed by atoms with Crippen LogP contribution in [0.4, 0.5) is 11.4 Å². The minimum Gasteiger partial charge on any atom is -0.398 e. The van der Waals surface area contributed by atoms with Crippen molar-refractivity contribution in [3.05, 3.63) is 53.9 Å². The molecule has 0 fully saturated rings. The number of nitrogens with zero attached hydrogens (tertiary/aromatic N) is 1. The summed E-state index contributed by atoms with van der Waals surface area (Å²) in [6.07, 6.45) is 3.51. The molecule has 92 valence electrons. The smallest absolute Gasteiger partial charge is 0.161 e. The van der Waals surface area contributed by atoms with Crippen molar-refractivity contribution >= 4 is 17.2 Å². The molecule has 0 unspecified atom stereocenters. The molecular formula is C14H15N3O. The summed E-state index contributed by atoms with van der Waals surface area (Å²) in [4.78, 5) is 15.2. The number of hydrogen-bond donors (Lipinski definition) is 2. The summed E-state index contributed by atoms with van der Waals surface area (Å²) in [5.74, 6) is -0.0202. The molecule has 0 spiro atoms. The number of Topliss-reactive ketones (excluding diaryl/α,β-unsaturated/α-hetero) is 1. The van der Waals surface area contributed by atoms with E-state index in [4.69, 9.17) is 5.73 Å². The van der Waals surface area contributed by atoms with Gasteiger partial charge in [-0.25, -0.2) is 0 Å². The van der Waals surface area contributed by atoms with E-state index in [1.54, 1.807) is 24.5 Å². The van der Waals surface area contributed by atoms with Crippen molar-refractivity contribution in [3.63, 3.8) is 0 Å².